The monoisotopic (exact) mass is 680 g/mol. The van der Waals surface area contributed by atoms with Crippen LogP contribution in [-0.4, -0.2) is 99.7 Å². The molecule has 8 heteroatoms. The average Bonchev–Trinajstić information content (AvgIpc) is 2.98. The van der Waals surface area contributed by atoms with Crippen molar-refractivity contribution < 1.29 is 33.9 Å². The topological polar surface area (TPSA) is 99.0 Å². The standard InChI is InChI=1S/C40H73NO7/c1-34(2)14-10-16-36(5)31(34)12-18-38(7,42)33(36)30-48-29-28-47-27-26-46-25-24-45-23-22-44-21-13-32-37(6)17-11-15-35(3,4)40(37,41-9)20-19-39(32,8)43/h31-33,42-43H,9-30H2,1-8H3/t31-,32+,33+,36-,37+,38+,39+,40+/m0/s1. The van der Waals surface area contributed by atoms with Gasteiger partial charge in [-0.05, 0) is 112 Å². The number of aliphatic imine (C=N–C) groups is 1. The summed E-state index contributed by atoms with van der Waals surface area (Å²) < 4.78 is 29.2. The summed E-state index contributed by atoms with van der Waals surface area (Å²) in [6, 6.07) is 0. The zero-order valence-corrected chi connectivity index (χ0v) is 32.2. The molecule has 4 rings (SSSR count). The largest absolute Gasteiger partial charge is 0.390 e. The van der Waals surface area contributed by atoms with Gasteiger partial charge in [-0.1, -0.05) is 54.4 Å². The minimum absolute atomic E-state index is 0.0711. The van der Waals surface area contributed by atoms with Crippen LogP contribution in [0.25, 0.3) is 0 Å². The smallest absolute Gasteiger partial charge is 0.0709 e. The molecule has 280 valence electrons. The molecule has 48 heavy (non-hydrogen) atoms. The number of ether oxygens (including phenoxy) is 5. The second kappa shape index (κ2) is 16.0. The summed E-state index contributed by atoms with van der Waals surface area (Å²) in [6.07, 6.45) is 11.5. The predicted octanol–water partition coefficient (Wildman–Crippen LogP) is 7.27. The van der Waals surface area contributed by atoms with E-state index in [9.17, 15) is 10.2 Å². The fourth-order valence-electron chi connectivity index (χ4n) is 11.8. The average molecular weight is 680 g/mol. The summed E-state index contributed by atoms with van der Waals surface area (Å²) in [5, 5.41) is 22.8. The van der Waals surface area contributed by atoms with Crippen LogP contribution < -0.4 is 0 Å². The highest BCUT2D eigenvalue weighted by molar-refractivity contribution is 5.32. The lowest BCUT2D eigenvalue weighted by atomic mass is 9.41. The van der Waals surface area contributed by atoms with E-state index in [0.717, 1.165) is 51.4 Å². The van der Waals surface area contributed by atoms with Crippen molar-refractivity contribution in [1.82, 2.24) is 0 Å². The molecule has 0 bridgehead atoms. The highest BCUT2D eigenvalue weighted by Gasteiger charge is 2.66. The van der Waals surface area contributed by atoms with Crippen molar-refractivity contribution in [3.8, 4) is 0 Å². The first-order chi connectivity index (χ1) is 22.5. The Morgan fingerprint density at radius 3 is 1.69 bits per heavy atom. The van der Waals surface area contributed by atoms with Gasteiger partial charge in [-0.3, -0.25) is 4.99 Å². The lowest BCUT2D eigenvalue weighted by Gasteiger charge is -2.66. The molecule has 4 aliphatic rings. The number of aliphatic hydroxyl groups is 2. The van der Waals surface area contributed by atoms with Gasteiger partial charge < -0.3 is 33.9 Å². The molecular weight excluding hydrogens is 606 g/mol. The summed E-state index contributed by atoms with van der Waals surface area (Å²) in [5.41, 5.74) is -1.20. The second-order valence-electron chi connectivity index (χ2n) is 18.2. The van der Waals surface area contributed by atoms with Crippen molar-refractivity contribution in [1.29, 1.82) is 0 Å². The van der Waals surface area contributed by atoms with Crippen molar-refractivity contribution in [3.63, 3.8) is 0 Å². The van der Waals surface area contributed by atoms with Gasteiger partial charge in [0.05, 0.1) is 76.2 Å². The second-order valence-corrected chi connectivity index (χ2v) is 18.2. The molecule has 0 amide bonds. The first-order valence-electron chi connectivity index (χ1n) is 19.3. The van der Waals surface area contributed by atoms with Crippen molar-refractivity contribution >= 4 is 6.72 Å². The lowest BCUT2D eigenvalue weighted by molar-refractivity contribution is -0.186. The van der Waals surface area contributed by atoms with Crippen LogP contribution in [0.2, 0.25) is 0 Å². The van der Waals surface area contributed by atoms with Crippen LogP contribution >= 0.6 is 0 Å². The molecular formula is C40H73NO7. The van der Waals surface area contributed by atoms with Gasteiger partial charge in [0.25, 0.3) is 0 Å². The van der Waals surface area contributed by atoms with Gasteiger partial charge in [0.1, 0.15) is 0 Å². The zero-order valence-electron chi connectivity index (χ0n) is 32.2. The Hall–Kier alpha value is -0.610. The number of nitrogens with zero attached hydrogens (tertiary/aromatic N) is 1. The van der Waals surface area contributed by atoms with Crippen molar-refractivity contribution in [2.24, 2.45) is 44.4 Å². The Balaban J connectivity index is 1.02. The SMILES string of the molecule is C=N[C@@]12CC[C@@](C)(O)[C@H](CCOCCOCCOCCOCCOC[C@@H]3[C@@]4(C)CCCC(C)(C)[C@@H]4CC[C@@]3(C)O)[C@@]1(C)CCCC2(C)C. The normalized spacial score (nSPS) is 40.6. The summed E-state index contributed by atoms with van der Waals surface area (Å²) in [5.74, 6) is 0.890. The van der Waals surface area contributed by atoms with E-state index in [4.69, 9.17) is 28.7 Å². The predicted molar refractivity (Wildman–Crippen MR) is 193 cm³/mol. The Morgan fingerprint density at radius 1 is 0.583 bits per heavy atom. The summed E-state index contributed by atoms with van der Waals surface area (Å²) in [4.78, 5) is 4.85. The van der Waals surface area contributed by atoms with Crippen LogP contribution in [0.4, 0.5) is 0 Å². The van der Waals surface area contributed by atoms with Crippen LogP contribution in [0.5, 0.6) is 0 Å². The Bertz CT molecular complexity index is 1030. The number of hydrogen-bond donors (Lipinski definition) is 2. The van der Waals surface area contributed by atoms with E-state index in [-0.39, 0.29) is 33.6 Å². The minimum Gasteiger partial charge on any atom is -0.390 e. The first-order valence-corrected chi connectivity index (χ1v) is 19.3. The summed E-state index contributed by atoms with van der Waals surface area (Å²) >= 11 is 0. The summed E-state index contributed by atoms with van der Waals surface area (Å²) in [7, 11) is 0. The Labute approximate surface area is 293 Å². The molecule has 4 saturated carbocycles. The van der Waals surface area contributed by atoms with E-state index >= 15 is 0 Å². The van der Waals surface area contributed by atoms with Crippen LogP contribution in [0.3, 0.4) is 0 Å². The Morgan fingerprint density at radius 2 is 1.10 bits per heavy atom. The van der Waals surface area contributed by atoms with E-state index < -0.39 is 11.2 Å². The van der Waals surface area contributed by atoms with Crippen LogP contribution in [0, 0.1) is 39.4 Å². The third-order valence-electron chi connectivity index (χ3n) is 14.4. The molecule has 8 nitrogen and oxygen atoms in total. The quantitative estimate of drug-likeness (QED) is 0.116. The van der Waals surface area contributed by atoms with Crippen LogP contribution in [-0.2, 0) is 23.7 Å². The van der Waals surface area contributed by atoms with Gasteiger partial charge in [-0.15, -0.1) is 0 Å². The number of hydrogen-bond acceptors (Lipinski definition) is 8. The van der Waals surface area contributed by atoms with Crippen molar-refractivity contribution in [2.45, 2.75) is 143 Å². The molecule has 0 aromatic heterocycles. The maximum Gasteiger partial charge on any atom is 0.0709 e. The third kappa shape index (κ3) is 8.21. The van der Waals surface area contributed by atoms with E-state index in [0.29, 0.717) is 77.4 Å². The fourth-order valence-corrected chi connectivity index (χ4v) is 11.8. The van der Waals surface area contributed by atoms with Gasteiger partial charge in [0.2, 0.25) is 0 Å². The minimum atomic E-state index is -0.726. The van der Waals surface area contributed by atoms with Gasteiger partial charge in [-0.25, -0.2) is 0 Å². The molecule has 0 saturated heterocycles. The van der Waals surface area contributed by atoms with Crippen molar-refractivity contribution in [2.75, 3.05) is 66.1 Å². The van der Waals surface area contributed by atoms with E-state index in [1.54, 1.807) is 0 Å². The molecule has 4 fully saturated rings. The van der Waals surface area contributed by atoms with E-state index in [1.165, 1.54) is 19.3 Å². The maximum atomic E-state index is 11.5. The molecule has 0 aliphatic heterocycles. The van der Waals surface area contributed by atoms with Crippen LogP contribution in [0.1, 0.15) is 126 Å². The van der Waals surface area contributed by atoms with Gasteiger partial charge in [0, 0.05) is 12.5 Å². The lowest BCUT2D eigenvalue weighted by Crippen LogP contribution is -2.67. The molecule has 4 aliphatic carbocycles. The first kappa shape index (κ1) is 40.2. The highest BCUT2D eigenvalue weighted by Crippen LogP contribution is 2.67. The highest BCUT2D eigenvalue weighted by atomic mass is 16.6. The van der Waals surface area contributed by atoms with Gasteiger partial charge in [0.15, 0.2) is 0 Å². The molecule has 0 aromatic carbocycles. The fraction of sp³-hybridized carbons (Fsp3) is 0.975. The zero-order chi connectivity index (χ0) is 35.3. The molecule has 0 aromatic rings. The molecule has 0 spiro atoms. The van der Waals surface area contributed by atoms with E-state index in [1.807, 2.05) is 13.8 Å². The Kier molecular flexibility index (Phi) is 13.4. The van der Waals surface area contributed by atoms with E-state index in [2.05, 4.69) is 48.3 Å². The third-order valence-corrected chi connectivity index (χ3v) is 14.4. The molecule has 0 heterocycles. The van der Waals surface area contributed by atoms with Gasteiger partial charge >= 0.3 is 0 Å². The maximum absolute atomic E-state index is 11.5. The summed E-state index contributed by atoms with van der Waals surface area (Å²) in [6.45, 7) is 27.7. The molecule has 0 radical (unpaired) electrons. The molecule has 8 atom stereocenters. The number of fused-ring (bicyclic) bond motifs is 2. The van der Waals surface area contributed by atoms with Crippen molar-refractivity contribution in [3.05, 3.63) is 0 Å². The van der Waals surface area contributed by atoms with Crippen LogP contribution in [0.15, 0.2) is 4.99 Å². The molecule has 0 unspecified atom stereocenters. The molecule has 2 N–H and O–H groups in total. The van der Waals surface area contributed by atoms with Gasteiger partial charge in [-0.2, -0.15) is 0 Å². The number of rotatable bonds is 18.